The zero-order valence-corrected chi connectivity index (χ0v) is 12.2. The maximum atomic E-state index is 11.5. The highest BCUT2D eigenvalue weighted by molar-refractivity contribution is 5.89. The summed E-state index contributed by atoms with van der Waals surface area (Å²) in [6.07, 6.45) is 2.43. The normalized spacial score (nSPS) is 18.1. The minimum Gasteiger partial charge on any atom is -0.478 e. The molecule has 0 aliphatic carbocycles. The van der Waals surface area contributed by atoms with Crippen molar-refractivity contribution in [1.82, 2.24) is 9.78 Å². The number of benzene rings is 1. The molecule has 0 spiro atoms. The summed E-state index contributed by atoms with van der Waals surface area (Å²) in [7, 11) is 0. The standard InChI is InChI=1S/C16H18N2O3/c1-10-3-4-14(11(2)7-10)18-8-13(16(19)20)15(17-18)12-5-6-21-9-12/h3-4,7-8,12H,5-6,9H2,1-2H3,(H,19,20). The quantitative estimate of drug-likeness (QED) is 0.942. The van der Waals surface area contributed by atoms with Crippen molar-refractivity contribution in [3.05, 3.63) is 46.8 Å². The van der Waals surface area contributed by atoms with Crippen molar-refractivity contribution in [3.63, 3.8) is 0 Å². The Labute approximate surface area is 123 Å². The van der Waals surface area contributed by atoms with Gasteiger partial charge in [0.25, 0.3) is 0 Å². The van der Waals surface area contributed by atoms with Gasteiger partial charge in [-0.1, -0.05) is 17.7 Å². The zero-order valence-electron chi connectivity index (χ0n) is 12.2. The molecule has 1 N–H and O–H groups in total. The van der Waals surface area contributed by atoms with Crippen LogP contribution in [0.2, 0.25) is 0 Å². The number of rotatable bonds is 3. The molecule has 5 heteroatoms. The molecule has 1 unspecified atom stereocenters. The lowest BCUT2D eigenvalue weighted by Crippen LogP contribution is -2.06. The van der Waals surface area contributed by atoms with Gasteiger partial charge >= 0.3 is 5.97 Å². The summed E-state index contributed by atoms with van der Waals surface area (Å²) in [6, 6.07) is 6.04. The number of carbonyl (C=O) groups is 1. The lowest BCUT2D eigenvalue weighted by molar-refractivity contribution is 0.0695. The second kappa shape index (κ2) is 5.33. The molecule has 1 fully saturated rings. The average Bonchev–Trinajstić information content (AvgIpc) is 3.07. The number of carboxylic acids is 1. The number of hydrogen-bond donors (Lipinski definition) is 1. The zero-order chi connectivity index (χ0) is 15.0. The highest BCUT2D eigenvalue weighted by Gasteiger charge is 2.27. The minimum atomic E-state index is -0.937. The molecule has 0 bridgehead atoms. The van der Waals surface area contributed by atoms with Gasteiger partial charge in [-0.3, -0.25) is 0 Å². The van der Waals surface area contributed by atoms with E-state index >= 15 is 0 Å². The lowest BCUT2D eigenvalue weighted by atomic mass is 10.0. The van der Waals surface area contributed by atoms with Gasteiger partial charge in [0.15, 0.2) is 0 Å². The Morgan fingerprint density at radius 3 is 2.86 bits per heavy atom. The number of aromatic carboxylic acids is 1. The third-order valence-corrected chi connectivity index (χ3v) is 3.89. The fourth-order valence-electron chi connectivity index (χ4n) is 2.79. The van der Waals surface area contributed by atoms with Crippen LogP contribution in [0.1, 0.15) is 39.5 Å². The molecule has 1 aromatic carbocycles. The molecule has 3 rings (SSSR count). The Hall–Kier alpha value is -2.14. The molecule has 1 aromatic heterocycles. The van der Waals surface area contributed by atoms with E-state index in [1.807, 2.05) is 26.0 Å². The molecule has 2 heterocycles. The SMILES string of the molecule is Cc1ccc(-n2cc(C(=O)O)c(C3CCOC3)n2)c(C)c1. The first-order valence-corrected chi connectivity index (χ1v) is 7.04. The molecule has 2 aromatic rings. The average molecular weight is 286 g/mol. The van der Waals surface area contributed by atoms with E-state index in [4.69, 9.17) is 4.74 Å². The van der Waals surface area contributed by atoms with Gasteiger partial charge in [-0.05, 0) is 31.9 Å². The van der Waals surface area contributed by atoms with Gasteiger partial charge in [-0.15, -0.1) is 0 Å². The number of nitrogens with zero attached hydrogens (tertiary/aromatic N) is 2. The van der Waals surface area contributed by atoms with E-state index in [0.717, 1.165) is 17.7 Å². The van der Waals surface area contributed by atoms with E-state index in [2.05, 4.69) is 11.2 Å². The molecule has 0 saturated carbocycles. The summed E-state index contributed by atoms with van der Waals surface area (Å²) in [5, 5.41) is 13.9. The highest BCUT2D eigenvalue weighted by atomic mass is 16.5. The second-order valence-electron chi connectivity index (χ2n) is 5.53. The van der Waals surface area contributed by atoms with Crippen LogP contribution in [0.5, 0.6) is 0 Å². The van der Waals surface area contributed by atoms with E-state index in [0.29, 0.717) is 18.9 Å². The molecular weight excluding hydrogens is 268 g/mol. The van der Waals surface area contributed by atoms with E-state index in [1.165, 1.54) is 5.56 Å². The van der Waals surface area contributed by atoms with Crippen LogP contribution in [0.15, 0.2) is 24.4 Å². The molecule has 1 atom stereocenters. The second-order valence-corrected chi connectivity index (χ2v) is 5.53. The number of hydrogen-bond acceptors (Lipinski definition) is 3. The Bertz CT molecular complexity index is 685. The topological polar surface area (TPSA) is 64.4 Å². The molecule has 0 amide bonds. The summed E-state index contributed by atoms with van der Waals surface area (Å²) in [5.41, 5.74) is 4.05. The van der Waals surface area contributed by atoms with Crippen molar-refractivity contribution in [2.75, 3.05) is 13.2 Å². The van der Waals surface area contributed by atoms with Crippen molar-refractivity contribution in [2.45, 2.75) is 26.2 Å². The van der Waals surface area contributed by atoms with Gasteiger partial charge in [0, 0.05) is 18.7 Å². The molecule has 110 valence electrons. The Kier molecular flexibility index (Phi) is 3.51. The van der Waals surface area contributed by atoms with Crippen LogP contribution < -0.4 is 0 Å². The number of ether oxygens (including phenoxy) is 1. The summed E-state index contributed by atoms with van der Waals surface area (Å²) >= 11 is 0. The third kappa shape index (κ3) is 2.56. The van der Waals surface area contributed by atoms with Crippen LogP contribution >= 0.6 is 0 Å². The van der Waals surface area contributed by atoms with Gasteiger partial charge in [0.2, 0.25) is 0 Å². The first-order chi connectivity index (χ1) is 10.1. The molecular formula is C16H18N2O3. The van der Waals surface area contributed by atoms with Crippen LogP contribution in [0.3, 0.4) is 0 Å². The predicted octanol–water partition coefficient (Wildman–Crippen LogP) is 2.69. The van der Waals surface area contributed by atoms with Crippen LogP contribution in [-0.4, -0.2) is 34.1 Å². The molecule has 21 heavy (non-hydrogen) atoms. The van der Waals surface area contributed by atoms with Crippen molar-refractivity contribution >= 4 is 5.97 Å². The van der Waals surface area contributed by atoms with Crippen molar-refractivity contribution in [2.24, 2.45) is 0 Å². The van der Waals surface area contributed by atoms with Crippen LogP contribution in [0.25, 0.3) is 5.69 Å². The van der Waals surface area contributed by atoms with Crippen molar-refractivity contribution in [1.29, 1.82) is 0 Å². The van der Waals surface area contributed by atoms with Gasteiger partial charge in [-0.25, -0.2) is 9.48 Å². The maximum Gasteiger partial charge on any atom is 0.339 e. The molecule has 1 saturated heterocycles. The third-order valence-electron chi connectivity index (χ3n) is 3.89. The first-order valence-electron chi connectivity index (χ1n) is 7.04. The monoisotopic (exact) mass is 286 g/mol. The minimum absolute atomic E-state index is 0.0723. The molecule has 1 aliphatic rings. The van der Waals surface area contributed by atoms with Gasteiger partial charge in [0.1, 0.15) is 5.56 Å². The summed E-state index contributed by atoms with van der Waals surface area (Å²) < 4.78 is 7.03. The molecule has 1 aliphatic heterocycles. The largest absolute Gasteiger partial charge is 0.478 e. The van der Waals surface area contributed by atoms with E-state index < -0.39 is 5.97 Å². The van der Waals surface area contributed by atoms with E-state index in [-0.39, 0.29) is 11.5 Å². The molecule has 5 nitrogen and oxygen atoms in total. The number of aromatic nitrogens is 2. The first kappa shape index (κ1) is 13.8. The predicted molar refractivity (Wildman–Crippen MR) is 78.2 cm³/mol. The van der Waals surface area contributed by atoms with Crippen LogP contribution in [0.4, 0.5) is 0 Å². The maximum absolute atomic E-state index is 11.5. The smallest absolute Gasteiger partial charge is 0.339 e. The highest BCUT2D eigenvalue weighted by Crippen LogP contribution is 2.28. The Morgan fingerprint density at radius 1 is 1.43 bits per heavy atom. The fourth-order valence-corrected chi connectivity index (χ4v) is 2.79. The summed E-state index contributed by atoms with van der Waals surface area (Å²) in [4.78, 5) is 11.5. The summed E-state index contributed by atoms with van der Waals surface area (Å²) in [6.45, 7) is 5.25. The van der Waals surface area contributed by atoms with Crippen molar-refractivity contribution in [3.8, 4) is 5.69 Å². The van der Waals surface area contributed by atoms with E-state index in [1.54, 1.807) is 10.9 Å². The van der Waals surface area contributed by atoms with Crippen LogP contribution in [-0.2, 0) is 4.74 Å². The van der Waals surface area contributed by atoms with Gasteiger partial charge in [-0.2, -0.15) is 5.10 Å². The van der Waals surface area contributed by atoms with Crippen LogP contribution in [0, 0.1) is 13.8 Å². The Morgan fingerprint density at radius 2 is 2.24 bits per heavy atom. The fraction of sp³-hybridized carbons (Fsp3) is 0.375. The number of carboxylic acid groups (broad SMARTS) is 1. The van der Waals surface area contributed by atoms with Gasteiger partial charge in [0.05, 0.1) is 18.0 Å². The number of aryl methyl sites for hydroxylation is 2. The van der Waals surface area contributed by atoms with E-state index in [9.17, 15) is 9.90 Å². The lowest BCUT2D eigenvalue weighted by Gasteiger charge is -2.07. The van der Waals surface area contributed by atoms with Gasteiger partial charge < -0.3 is 9.84 Å². The summed E-state index contributed by atoms with van der Waals surface area (Å²) in [5.74, 6) is -0.865. The molecule has 0 radical (unpaired) electrons. The van der Waals surface area contributed by atoms with Crippen molar-refractivity contribution < 1.29 is 14.6 Å². The Balaban J connectivity index is 2.07.